The summed E-state index contributed by atoms with van der Waals surface area (Å²) < 4.78 is 22.5. The monoisotopic (exact) mass is 520 g/mol. The highest BCUT2D eigenvalue weighted by Gasteiger charge is 2.38. The zero-order valence-corrected chi connectivity index (χ0v) is 20.5. The summed E-state index contributed by atoms with van der Waals surface area (Å²) in [5, 5.41) is 8.66. The Morgan fingerprint density at radius 3 is 2.85 bits per heavy atom. The summed E-state index contributed by atoms with van der Waals surface area (Å²) in [5.41, 5.74) is 1.76. The molecule has 0 saturated heterocycles. The van der Waals surface area contributed by atoms with Gasteiger partial charge in [0, 0.05) is 30.6 Å². The second kappa shape index (κ2) is 9.01. The Hall–Kier alpha value is -2.95. The Balaban J connectivity index is 1.51. The highest BCUT2D eigenvalue weighted by atomic mass is 35.5. The zero-order chi connectivity index (χ0) is 24.0. The van der Waals surface area contributed by atoms with Crippen LogP contribution >= 0.6 is 34.5 Å². The molecule has 1 atom stereocenters. The van der Waals surface area contributed by atoms with Crippen LogP contribution in [0.2, 0.25) is 10.2 Å². The second-order valence-corrected chi connectivity index (χ2v) is 9.64. The summed E-state index contributed by atoms with van der Waals surface area (Å²) in [6, 6.07) is 7.02. The molecule has 1 aliphatic heterocycles. The van der Waals surface area contributed by atoms with Crippen molar-refractivity contribution in [3.63, 3.8) is 0 Å². The number of hydrogen-bond acceptors (Lipinski definition) is 7. The summed E-state index contributed by atoms with van der Waals surface area (Å²) in [7, 11) is 1.72. The van der Waals surface area contributed by atoms with Gasteiger partial charge in [-0.15, -0.1) is 0 Å². The third kappa shape index (κ3) is 4.06. The molecule has 1 N–H and O–H groups in total. The Morgan fingerprint density at radius 1 is 1.29 bits per heavy atom. The van der Waals surface area contributed by atoms with Crippen molar-refractivity contribution in [2.75, 3.05) is 25.5 Å². The first-order chi connectivity index (χ1) is 16.4. The lowest BCUT2D eigenvalue weighted by Crippen LogP contribution is -2.43. The molecule has 3 aromatic heterocycles. The minimum absolute atomic E-state index is 0.135. The third-order valence-corrected chi connectivity index (χ3v) is 6.90. The van der Waals surface area contributed by atoms with Crippen LogP contribution in [0.1, 0.15) is 28.0 Å². The van der Waals surface area contributed by atoms with Gasteiger partial charge >= 0.3 is 0 Å². The van der Waals surface area contributed by atoms with Gasteiger partial charge < -0.3 is 15.0 Å². The Kier molecular flexibility index (Phi) is 6.05. The minimum atomic E-state index is -0.742. The molecule has 0 aliphatic carbocycles. The Morgan fingerprint density at radius 2 is 2.12 bits per heavy atom. The fraction of sp³-hybridized carbons (Fsp3) is 0.273. The van der Waals surface area contributed by atoms with Crippen molar-refractivity contribution >= 4 is 51.2 Å². The molecule has 1 aromatic carbocycles. The highest BCUT2D eigenvalue weighted by molar-refractivity contribution is 7.16. The Bertz CT molecular complexity index is 1410. The van der Waals surface area contributed by atoms with Crippen molar-refractivity contribution in [1.82, 2.24) is 24.5 Å². The summed E-state index contributed by atoms with van der Waals surface area (Å²) in [4.78, 5) is 24.5. The number of anilines is 1. The normalized spacial score (nSPS) is 15.4. The summed E-state index contributed by atoms with van der Waals surface area (Å²) >= 11 is 13.6. The van der Waals surface area contributed by atoms with E-state index in [1.54, 1.807) is 40.7 Å². The number of fused-ring (bicyclic) bond motifs is 3. The lowest BCUT2D eigenvalue weighted by Gasteiger charge is -2.35. The lowest BCUT2D eigenvalue weighted by molar-refractivity contribution is -0.135. The number of carbonyl (C=O) groups excluding carboxylic acids is 1. The first-order valence-corrected chi connectivity index (χ1v) is 12.0. The summed E-state index contributed by atoms with van der Waals surface area (Å²) in [6.07, 6.45) is 0.515. The number of pyridine rings is 1. The van der Waals surface area contributed by atoms with E-state index in [2.05, 4.69) is 20.4 Å². The number of benzene rings is 1. The maximum atomic E-state index is 15.1. The molecule has 0 saturated carbocycles. The number of aryl methyl sites for hydroxylation is 1. The van der Waals surface area contributed by atoms with Gasteiger partial charge in [0.2, 0.25) is 4.96 Å². The molecule has 0 radical (unpaired) electrons. The molecule has 8 nitrogen and oxygen atoms in total. The first-order valence-electron chi connectivity index (χ1n) is 10.4. The van der Waals surface area contributed by atoms with E-state index in [1.807, 2.05) is 6.92 Å². The van der Waals surface area contributed by atoms with Crippen LogP contribution in [0.3, 0.4) is 0 Å². The zero-order valence-electron chi connectivity index (χ0n) is 18.2. The van der Waals surface area contributed by atoms with Gasteiger partial charge in [-0.25, -0.2) is 18.9 Å². The Labute approximate surface area is 208 Å². The molecule has 4 heterocycles. The molecule has 34 heavy (non-hydrogen) atoms. The van der Waals surface area contributed by atoms with Crippen molar-refractivity contribution in [2.24, 2.45) is 0 Å². The second-order valence-electron chi connectivity index (χ2n) is 7.69. The SMILES string of the molecule is CNc1ccc(OCC(=O)N2CCc3nc4sc(C)nn4c3C2c2ccc(Cl)cc2F)c(Cl)n1. The van der Waals surface area contributed by atoms with Gasteiger partial charge in [-0.3, -0.25) is 4.79 Å². The fourth-order valence-electron chi connectivity index (χ4n) is 4.06. The lowest BCUT2D eigenvalue weighted by atomic mass is 9.95. The molecule has 0 fully saturated rings. The van der Waals surface area contributed by atoms with Crippen LogP contribution in [0.15, 0.2) is 30.3 Å². The van der Waals surface area contributed by atoms with Gasteiger partial charge in [-0.2, -0.15) is 5.10 Å². The molecule has 0 spiro atoms. The minimum Gasteiger partial charge on any atom is -0.481 e. The van der Waals surface area contributed by atoms with E-state index in [0.717, 1.165) is 10.7 Å². The molecule has 5 rings (SSSR count). The summed E-state index contributed by atoms with van der Waals surface area (Å²) in [5.74, 6) is 0.0122. The number of nitrogens with zero attached hydrogens (tertiary/aromatic N) is 5. The molecule has 176 valence electrons. The number of hydrogen-bond donors (Lipinski definition) is 1. The number of aromatic nitrogens is 4. The van der Waals surface area contributed by atoms with Gasteiger partial charge in [-0.05, 0) is 31.2 Å². The molecule has 4 aromatic rings. The maximum absolute atomic E-state index is 15.1. The smallest absolute Gasteiger partial charge is 0.261 e. The number of halogens is 3. The first kappa shape index (κ1) is 22.8. The van der Waals surface area contributed by atoms with Gasteiger partial charge in [0.25, 0.3) is 5.91 Å². The maximum Gasteiger partial charge on any atom is 0.261 e. The van der Waals surface area contributed by atoms with E-state index in [0.29, 0.717) is 35.0 Å². The van der Waals surface area contributed by atoms with Crippen LogP contribution in [0.5, 0.6) is 5.75 Å². The molecule has 1 amide bonds. The van der Waals surface area contributed by atoms with Crippen LogP contribution in [0, 0.1) is 12.7 Å². The molecule has 12 heteroatoms. The van der Waals surface area contributed by atoms with Crippen LogP contribution in [-0.2, 0) is 11.2 Å². The van der Waals surface area contributed by atoms with Crippen molar-refractivity contribution in [3.05, 3.63) is 68.3 Å². The average Bonchev–Trinajstić information content (AvgIpc) is 3.33. The topological polar surface area (TPSA) is 84.6 Å². The van der Waals surface area contributed by atoms with Crippen LogP contribution in [0.4, 0.5) is 10.2 Å². The standard InChI is InChI=1S/C22H19Cl2FN6O2S/c1-11-29-31-20-15(27-22(31)34-11)7-8-30(19(20)13-4-3-12(23)9-14(13)25)18(32)10-33-16-5-6-17(26-2)28-21(16)24/h3-6,9,19H,7-8,10H2,1-2H3,(H,26,28). The van der Waals surface area contributed by atoms with Gasteiger partial charge in [0.05, 0.1) is 11.4 Å². The molecule has 0 bridgehead atoms. The van der Waals surface area contributed by atoms with Gasteiger partial charge in [-0.1, -0.05) is 40.6 Å². The summed E-state index contributed by atoms with van der Waals surface area (Å²) in [6.45, 7) is 1.93. The molecular formula is C22H19Cl2FN6O2S. The predicted molar refractivity (Wildman–Crippen MR) is 129 cm³/mol. The van der Waals surface area contributed by atoms with E-state index in [4.69, 9.17) is 27.9 Å². The van der Waals surface area contributed by atoms with Crippen molar-refractivity contribution in [3.8, 4) is 5.75 Å². The van der Waals surface area contributed by atoms with Crippen LogP contribution in [0.25, 0.3) is 4.96 Å². The van der Waals surface area contributed by atoms with E-state index < -0.39 is 11.9 Å². The largest absolute Gasteiger partial charge is 0.481 e. The number of ether oxygens (including phenoxy) is 1. The van der Waals surface area contributed by atoms with Crippen molar-refractivity contribution in [1.29, 1.82) is 0 Å². The van der Waals surface area contributed by atoms with Crippen LogP contribution in [-0.4, -0.2) is 50.6 Å². The van der Waals surface area contributed by atoms with Gasteiger partial charge in [0.1, 0.15) is 22.7 Å². The van der Waals surface area contributed by atoms with E-state index in [-0.39, 0.29) is 28.4 Å². The number of carbonyl (C=O) groups is 1. The quantitative estimate of drug-likeness (QED) is 0.389. The number of imidazole rings is 1. The molecule has 1 unspecified atom stereocenters. The highest BCUT2D eigenvalue weighted by Crippen LogP contribution is 2.38. The van der Waals surface area contributed by atoms with Gasteiger partial charge in [0.15, 0.2) is 17.5 Å². The number of amides is 1. The molecular weight excluding hydrogens is 502 g/mol. The van der Waals surface area contributed by atoms with Crippen molar-refractivity contribution < 1.29 is 13.9 Å². The van der Waals surface area contributed by atoms with E-state index in [1.165, 1.54) is 17.4 Å². The third-order valence-electron chi connectivity index (χ3n) is 5.57. The van der Waals surface area contributed by atoms with E-state index >= 15 is 4.39 Å². The molecule has 1 aliphatic rings. The van der Waals surface area contributed by atoms with E-state index in [9.17, 15) is 4.79 Å². The predicted octanol–water partition coefficient (Wildman–Crippen LogP) is 4.53. The fourth-order valence-corrected chi connectivity index (χ4v) is 5.20. The van der Waals surface area contributed by atoms with Crippen LogP contribution < -0.4 is 10.1 Å². The number of nitrogens with one attached hydrogen (secondary N) is 1. The van der Waals surface area contributed by atoms with Crippen molar-refractivity contribution in [2.45, 2.75) is 19.4 Å². The number of rotatable bonds is 5. The average molecular weight is 521 g/mol.